The molecule has 0 bridgehead atoms. The van der Waals surface area contributed by atoms with E-state index in [0.29, 0.717) is 35.5 Å². The third kappa shape index (κ3) is 5.00. The van der Waals surface area contributed by atoms with Crippen LogP contribution in [0.1, 0.15) is 17.5 Å². The Kier molecular flexibility index (Phi) is 6.75. The smallest absolute Gasteiger partial charge is 0.258 e. The Balaban J connectivity index is 1.65. The minimum atomic E-state index is -0.408. The molecule has 2 N–H and O–H groups in total. The second-order valence-electron chi connectivity index (χ2n) is 8.44. The van der Waals surface area contributed by atoms with Crippen LogP contribution in [-0.2, 0) is 9.59 Å². The van der Waals surface area contributed by atoms with Gasteiger partial charge in [0.2, 0.25) is 5.91 Å². The van der Waals surface area contributed by atoms with Gasteiger partial charge >= 0.3 is 0 Å². The summed E-state index contributed by atoms with van der Waals surface area (Å²) >= 11 is 0. The largest absolute Gasteiger partial charge is 0.354 e. The van der Waals surface area contributed by atoms with Crippen LogP contribution in [0.3, 0.4) is 0 Å². The number of amides is 2. The number of nitrogens with zero attached hydrogens (tertiary/aromatic N) is 2. The summed E-state index contributed by atoms with van der Waals surface area (Å²) in [5.41, 5.74) is 4.51. The van der Waals surface area contributed by atoms with Crippen LogP contribution < -0.4 is 15.5 Å². The first-order chi connectivity index (χ1) is 16.3. The Labute approximate surface area is 198 Å². The van der Waals surface area contributed by atoms with Gasteiger partial charge in [0.1, 0.15) is 5.82 Å². The van der Waals surface area contributed by atoms with Crippen LogP contribution in [-0.4, -0.2) is 44.4 Å². The summed E-state index contributed by atoms with van der Waals surface area (Å²) in [4.78, 5) is 29.0. The van der Waals surface area contributed by atoms with Gasteiger partial charge in [0.25, 0.3) is 5.91 Å². The summed E-state index contributed by atoms with van der Waals surface area (Å²) < 4.78 is 13.7. The summed E-state index contributed by atoms with van der Waals surface area (Å²) in [7, 11) is 5.63. The van der Waals surface area contributed by atoms with E-state index in [1.54, 1.807) is 18.0 Å². The number of carbonyl (C=O) groups is 2. The predicted molar refractivity (Wildman–Crippen MR) is 135 cm³/mol. The molecule has 0 aliphatic carbocycles. The average molecular weight is 459 g/mol. The fourth-order valence-corrected chi connectivity index (χ4v) is 3.82. The zero-order chi connectivity index (χ0) is 24.2. The first-order valence-electron chi connectivity index (χ1n) is 11.0. The van der Waals surface area contributed by atoms with E-state index < -0.39 is 5.82 Å². The van der Waals surface area contributed by atoms with Crippen molar-refractivity contribution in [3.63, 3.8) is 0 Å². The highest BCUT2D eigenvalue weighted by atomic mass is 19.1. The molecule has 0 fully saturated rings. The Hall–Kier alpha value is -3.97. The Bertz CT molecular complexity index is 1240. The fourth-order valence-electron chi connectivity index (χ4n) is 3.82. The number of hydrogen-bond acceptors (Lipinski definition) is 4. The van der Waals surface area contributed by atoms with Gasteiger partial charge < -0.3 is 20.4 Å². The maximum Gasteiger partial charge on any atom is 0.258 e. The monoisotopic (exact) mass is 458 g/mol. The molecule has 1 aliphatic heterocycles. The van der Waals surface area contributed by atoms with Gasteiger partial charge in [-0.3, -0.25) is 9.59 Å². The van der Waals surface area contributed by atoms with E-state index in [0.717, 1.165) is 16.9 Å². The van der Waals surface area contributed by atoms with E-state index in [4.69, 9.17) is 0 Å². The van der Waals surface area contributed by atoms with Gasteiger partial charge in [-0.05, 0) is 62.1 Å². The third-order valence-corrected chi connectivity index (χ3v) is 5.71. The van der Waals surface area contributed by atoms with Crippen molar-refractivity contribution in [2.45, 2.75) is 6.42 Å². The predicted octanol–water partition coefficient (Wildman–Crippen LogP) is 4.67. The second kappa shape index (κ2) is 9.89. The topological polar surface area (TPSA) is 64.7 Å². The van der Waals surface area contributed by atoms with Crippen LogP contribution in [0, 0.1) is 5.82 Å². The highest BCUT2D eigenvalue weighted by Gasteiger charge is 2.28. The van der Waals surface area contributed by atoms with Gasteiger partial charge in [0.05, 0.1) is 17.0 Å². The Morgan fingerprint density at radius 3 is 2.35 bits per heavy atom. The summed E-state index contributed by atoms with van der Waals surface area (Å²) in [6.07, 6.45) is 0.433. The van der Waals surface area contributed by atoms with Gasteiger partial charge in [-0.25, -0.2) is 4.39 Å². The maximum atomic E-state index is 13.7. The SMILES string of the molecule is CN(C)CCC(=O)N(C)c1ccc(N/C(=C2\C(=O)Nc3cc(F)ccc32)c2ccccc2)cc1. The van der Waals surface area contributed by atoms with Gasteiger partial charge in [-0.1, -0.05) is 30.3 Å². The lowest BCUT2D eigenvalue weighted by molar-refractivity contribution is -0.118. The number of carbonyl (C=O) groups excluding carboxylic acids is 2. The standard InChI is InChI=1S/C27H27FN4O2/c1-31(2)16-15-24(33)32(3)21-12-10-20(11-13-21)29-26(18-7-5-4-6-8-18)25-22-14-9-19(28)17-23(22)30-27(25)34/h4-14,17,29H,15-16H2,1-3H3,(H,30,34)/b26-25-. The summed E-state index contributed by atoms with van der Waals surface area (Å²) in [5, 5.41) is 6.13. The Morgan fingerprint density at radius 2 is 1.68 bits per heavy atom. The third-order valence-electron chi connectivity index (χ3n) is 5.71. The van der Waals surface area contributed by atoms with Crippen LogP contribution in [0.2, 0.25) is 0 Å². The van der Waals surface area contributed by atoms with Gasteiger partial charge in [-0.2, -0.15) is 0 Å². The average Bonchev–Trinajstić information content (AvgIpc) is 3.15. The van der Waals surface area contributed by atoms with Crippen molar-refractivity contribution >= 4 is 40.1 Å². The lowest BCUT2D eigenvalue weighted by atomic mass is 10.00. The Morgan fingerprint density at radius 1 is 0.971 bits per heavy atom. The van der Waals surface area contributed by atoms with E-state index in [1.807, 2.05) is 73.6 Å². The maximum absolute atomic E-state index is 13.7. The molecular formula is C27H27FN4O2. The quantitative estimate of drug-likeness (QED) is 0.505. The number of halogens is 1. The van der Waals surface area contributed by atoms with E-state index in [2.05, 4.69) is 10.6 Å². The van der Waals surface area contributed by atoms with E-state index in [1.165, 1.54) is 12.1 Å². The van der Waals surface area contributed by atoms with Crippen LogP contribution in [0.5, 0.6) is 0 Å². The van der Waals surface area contributed by atoms with E-state index in [9.17, 15) is 14.0 Å². The van der Waals surface area contributed by atoms with Crippen LogP contribution >= 0.6 is 0 Å². The van der Waals surface area contributed by atoms with Gasteiger partial charge in [-0.15, -0.1) is 0 Å². The lowest BCUT2D eigenvalue weighted by Gasteiger charge is -2.20. The summed E-state index contributed by atoms with van der Waals surface area (Å²) in [6.45, 7) is 0.685. The number of anilines is 3. The van der Waals surface area contributed by atoms with E-state index >= 15 is 0 Å². The van der Waals surface area contributed by atoms with Gasteiger partial charge in [0, 0.05) is 37.0 Å². The molecule has 1 aliphatic rings. The number of hydrogen-bond donors (Lipinski definition) is 2. The molecule has 3 aromatic rings. The van der Waals surface area contributed by atoms with Crippen molar-refractivity contribution in [2.24, 2.45) is 0 Å². The zero-order valence-corrected chi connectivity index (χ0v) is 19.4. The molecule has 1 heterocycles. The molecule has 0 spiro atoms. The molecule has 34 heavy (non-hydrogen) atoms. The van der Waals surface area contributed by atoms with Crippen molar-refractivity contribution in [1.82, 2.24) is 4.90 Å². The molecule has 0 atom stereocenters. The fraction of sp³-hybridized carbons (Fsp3) is 0.185. The van der Waals surface area contributed by atoms with Crippen LogP contribution in [0.15, 0.2) is 72.8 Å². The van der Waals surface area contributed by atoms with Crippen molar-refractivity contribution in [3.8, 4) is 0 Å². The van der Waals surface area contributed by atoms with Crippen molar-refractivity contribution in [1.29, 1.82) is 0 Å². The number of benzene rings is 3. The molecule has 0 radical (unpaired) electrons. The molecule has 7 heteroatoms. The molecule has 3 aromatic carbocycles. The minimum Gasteiger partial charge on any atom is -0.354 e. The summed E-state index contributed by atoms with van der Waals surface area (Å²) in [6, 6.07) is 21.3. The van der Waals surface area contributed by atoms with Crippen molar-refractivity contribution in [3.05, 3.63) is 89.7 Å². The molecule has 0 saturated carbocycles. The number of nitrogens with one attached hydrogen (secondary N) is 2. The van der Waals surface area contributed by atoms with Crippen molar-refractivity contribution in [2.75, 3.05) is 43.2 Å². The van der Waals surface area contributed by atoms with E-state index in [-0.39, 0.29) is 11.8 Å². The minimum absolute atomic E-state index is 0.0352. The highest BCUT2D eigenvalue weighted by molar-refractivity contribution is 6.37. The molecule has 0 saturated heterocycles. The first kappa shape index (κ1) is 23.2. The highest BCUT2D eigenvalue weighted by Crippen LogP contribution is 2.38. The summed E-state index contributed by atoms with van der Waals surface area (Å²) in [5.74, 6) is -0.669. The molecule has 0 aromatic heterocycles. The van der Waals surface area contributed by atoms with Gasteiger partial charge in [0.15, 0.2) is 0 Å². The van der Waals surface area contributed by atoms with Crippen molar-refractivity contribution < 1.29 is 14.0 Å². The molecule has 0 unspecified atom stereocenters. The molecule has 6 nitrogen and oxygen atoms in total. The van der Waals surface area contributed by atoms with Crippen LogP contribution in [0.25, 0.3) is 11.3 Å². The molecule has 174 valence electrons. The second-order valence-corrected chi connectivity index (χ2v) is 8.44. The number of fused-ring (bicyclic) bond motifs is 1. The zero-order valence-electron chi connectivity index (χ0n) is 19.4. The number of rotatable bonds is 7. The molecular weight excluding hydrogens is 431 g/mol. The van der Waals surface area contributed by atoms with Crippen LogP contribution in [0.4, 0.5) is 21.5 Å². The normalized spacial score (nSPS) is 14.0. The molecule has 2 amide bonds. The molecule has 4 rings (SSSR count). The lowest BCUT2D eigenvalue weighted by Crippen LogP contribution is -2.29. The first-order valence-corrected chi connectivity index (χ1v) is 11.0.